The molecule has 2 heterocycles. The summed E-state index contributed by atoms with van der Waals surface area (Å²) in [4.78, 5) is 30.3. The quantitative estimate of drug-likeness (QED) is 0.868. The molecule has 1 aromatic heterocycles. The molecule has 2 aromatic rings. The molecule has 2 amide bonds. The zero-order valence-electron chi connectivity index (χ0n) is 13.3. The standard InChI is InChI=1S/C16H18N4O2S/c1-10(15-17-11-6-4-5-7-13(11)23-15)19(2)16(22)12-8-9-14(21)20(3)18-12/h4-7,10H,8-9H2,1-3H3/t10-/m0/s1. The second-order valence-electron chi connectivity index (χ2n) is 5.58. The summed E-state index contributed by atoms with van der Waals surface area (Å²) >= 11 is 1.59. The first-order valence-electron chi connectivity index (χ1n) is 7.44. The van der Waals surface area contributed by atoms with Gasteiger partial charge in [-0.1, -0.05) is 12.1 Å². The number of amides is 2. The zero-order valence-corrected chi connectivity index (χ0v) is 14.1. The molecule has 3 rings (SSSR count). The van der Waals surface area contributed by atoms with Crippen LogP contribution in [-0.2, 0) is 9.59 Å². The van der Waals surface area contributed by atoms with Gasteiger partial charge in [0, 0.05) is 26.9 Å². The topological polar surface area (TPSA) is 65.9 Å². The fraction of sp³-hybridized carbons (Fsp3) is 0.375. The van der Waals surface area contributed by atoms with Gasteiger partial charge in [0.15, 0.2) is 0 Å². The van der Waals surface area contributed by atoms with E-state index in [1.54, 1.807) is 30.3 Å². The van der Waals surface area contributed by atoms with Crippen LogP contribution >= 0.6 is 11.3 Å². The molecule has 1 aromatic carbocycles. The van der Waals surface area contributed by atoms with Crippen molar-refractivity contribution in [2.75, 3.05) is 14.1 Å². The van der Waals surface area contributed by atoms with Gasteiger partial charge in [0.05, 0.1) is 16.3 Å². The molecule has 1 aliphatic heterocycles. The van der Waals surface area contributed by atoms with E-state index in [0.29, 0.717) is 18.6 Å². The van der Waals surface area contributed by atoms with Crippen molar-refractivity contribution in [1.29, 1.82) is 0 Å². The number of carbonyl (C=O) groups is 2. The van der Waals surface area contributed by atoms with E-state index in [9.17, 15) is 9.59 Å². The Morgan fingerprint density at radius 1 is 1.35 bits per heavy atom. The molecule has 0 aliphatic carbocycles. The van der Waals surface area contributed by atoms with Gasteiger partial charge in [0.25, 0.3) is 5.91 Å². The number of benzene rings is 1. The predicted molar refractivity (Wildman–Crippen MR) is 90.2 cm³/mol. The van der Waals surface area contributed by atoms with Gasteiger partial charge < -0.3 is 4.90 Å². The second-order valence-corrected chi connectivity index (χ2v) is 6.64. The molecule has 23 heavy (non-hydrogen) atoms. The van der Waals surface area contributed by atoms with Gasteiger partial charge >= 0.3 is 0 Å². The van der Waals surface area contributed by atoms with Gasteiger partial charge in [-0.25, -0.2) is 9.99 Å². The van der Waals surface area contributed by atoms with E-state index in [4.69, 9.17) is 0 Å². The predicted octanol–water partition coefficient (Wildman–Crippen LogP) is 2.42. The Balaban J connectivity index is 1.81. The molecule has 0 radical (unpaired) electrons. The van der Waals surface area contributed by atoms with Crippen LogP contribution in [0.25, 0.3) is 10.2 Å². The van der Waals surface area contributed by atoms with E-state index in [0.717, 1.165) is 15.2 Å². The second kappa shape index (κ2) is 6.08. The Morgan fingerprint density at radius 3 is 2.78 bits per heavy atom. The maximum Gasteiger partial charge on any atom is 0.270 e. The number of hydrogen-bond acceptors (Lipinski definition) is 5. The summed E-state index contributed by atoms with van der Waals surface area (Å²) in [6, 6.07) is 7.78. The van der Waals surface area contributed by atoms with E-state index in [-0.39, 0.29) is 17.9 Å². The molecule has 1 atom stereocenters. The van der Waals surface area contributed by atoms with Crippen LogP contribution in [-0.4, -0.2) is 46.5 Å². The monoisotopic (exact) mass is 330 g/mol. The van der Waals surface area contributed by atoms with Gasteiger partial charge in [-0.2, -0.15) is 5.10 Å². The number of nitrogens with zero attached hydrogens (tertiary/aromatic N) is 4. The number of hydrogen-bond donors (Lipinski definition) is 0. The van der Waals surface area contributed by atoms with Gasteiger partial charge in [-0.15, -0.1) is 11.3 Å². The Labute approximate surface area is 138 Å². The summed E-state index contributed by atoms with van der Waals surface area (Å²) in [7, 11) is 3.32. The van der Waals surface area contributed by atoms with Gasteiger partial charge in [0.1, 0.15) is 10.7 Å². The minimum absolute atomic E-state index is 0.0663. The Morgan fingerprint density at radius 2 is 2.09 bits per heavy atom. The van der Waals surface area contributed by atoms with E-state index < -0.39 is 0 Å². The van der Waals surface area contributed by atoms with Crippen LogP contribution in [0.15, 0.2) is 29.4 Å². The van der Waals surface area contributed by atoms with Crippen molar-refractivity contribution in [3.63, 3.8) is 0 Å². The molecular formula is C16H18N4O2S. The summed E-state index contributed by atoms with van der Waals surface area (Å²) in [6.45, 7) is 1.95. The van der Waals surface area contributed by atoms with Crippen molar-refractivity contribution in [3.8, 4) is 0 Å². The average molecular weight is 330 g/mol. The smallest absolute Gasteiger partial charge is 0.270 e. The zero-order chi connectivity index (χ0) is 16.6. The lowest BCUT2D eigenvalue weighted by Crippen LogP contribution is -2.39. The van der Waals surface area contributed by atoms with E-state index >= 15 is 0 Å². The Hall–Kier alpha value is -2.28. The largest absolute Gasteiger partial charge is 0.331 e. The minimum atomic E-state index is -0.156. The van der Waals surface area contributed by atoms with Gasteiger partial charge in [0.2, 0.25) is 5.91 Å². The summed E-state index contributed by atoms with van der Waals surface area (Å²) in [5.41, 5.74) is 1.36. The lowest BCUT2D eigenvalue weighted by molar-refractivity contribution is -0.130. The molecule has 0 saturated carbocycles. The van der Waals surface area contributed by atoms with Crippen LogP contribution in [0.2, 0.25) is 0 Å². The maximum atomic E-state index is 12.6. The minimum Gasteiger partial charge on any atom is -0.331 e. The maximum absolute atomic E-state index is 12.6. The number of hydrazone groups is 1. The third-order valence-electron chi connectivity index (χ3n) is 4.02. The van der Waals surface area contributed by atoms with Crippen molar-refractivity contribution < 1.29 is 9.59 Å². The highest BCUT2D eigenvalue weighted by Crippen LogP contribution is 2.29. The van der Waals surface area contributed by atoms with Crippen molar-refractivity contribution in [1.82, 2.24) is 14.9 Å². The first kappa shape index (κ1) is 15.6. The van der Waals surface area contributed by atoms with Crippen molar-refractivity contribution in [2.45, 2.75) is 25.8 Å². The molecule has 0 saturated heterocycles. The van der Waals surface area contributed by atoms with E-state index in [1.807, 2.05) is 31.2 Å². The molecule has 0 spiro atoms. The summed E-state index contributed by atoms with van der Waals surface area (Å²) in [5.74, 6) is -0.223. The van der Waals surface area contributed by atoms with Crippen LogP contribution in [0.5, 0.6) is 0 Å². The van der Waals surface area contributed by atoms with E-state index in [1.165, 1.54) is 5.01 Å². The number of carbonyl (C=O) groups excluding carboxylic acids is 2. The molecular weight excluding hydrogens is 312 g/mol. The highest BCUT2D eigenvalue weighted by atomic mass is 32.1. The Bertz CT molecular complexity index is 765. The number of para-hydroxylation sites is 1. The van der Waals surface area contributed by atoms with Crippen LogP contribution < -0.4 is 0 Å². The summed E-state index contributed by atoms with van der Waals surface area (Å²) in [6.07, 6.45) is 0.712. The number of fused-ring (bicyclic) bond motifs is 1. The highest BCUT2D eigenvalue weighted by Gasteiger charge is 2.28. The molecule has 1 aliphatic rings. The molecule has 0 bridgehead atoms. The first-order valence-corrected chi connectivity index (χ1v) is 8.25. The fourth-order valence-corrected chi connectivity index (χ4v) is 3.50. The highest BCUT2D eigenvalue weighted by molar-refractivity contribution is 7.18. The molecule has 0 N–H and O–H groups in total. The van der Waals surface area contributed by atoms with Crippen molar-refractivity contribution in [3.05, 3.63) is 29.3 Å². The normalized spacial score (nSPS) is 16.4. The number of thiazole rings is 1. The molecule has 0 unspecified atom stereocenters. The van der Waals surface area contributed by atoms with Crippen LogP contribution in [0.4, 0.5) is 0 Å². The summed E-state index contributed by atoms with van der Waals surface area (Å²) in [5, 5.41) is 6.23. The lowest BCUT2D eigenvalue weighted by atomic mass is 10.1. The third-order valence-corrected chi connectivity index (χ3v) is 5.23. The first-order chi connectivity index (χ1) is 11.0. The van der Waals surface area contributed by atoms with Gasteiger partial charge in [-0.3, -0.25) is 9.59 Å². The van der Waals surface area contributed by atoms with Crippen LogP contribution in [0.3, 0.4) is 0 Å². The van der Waals surface area contributed by atoms with Crippen LogP contribution in [0, 0.1) is 0 Å². The average Bonchev–Trinajstić information content (AvgIpc) is 2.99. The van der Waals surface area contributed by atoms with E-state index in [2.05, 4.69) is 10.1 Å². The van der Waals surface area contributed by atoms with Crippen molar-refractivity contribution in [2.24, 2.45) is 5.10 Å². The molecule has 6 nitrogen and oxygen atoms in total. The number of aromatic nitrogens is 1. The number of rotatable bonds is 3. The Kier molecular flexibility index (Phi) is 4.12. The van der Waals surface area contributed by atoms with Gasteiger partial charge in [-0.05, 0) is 19.1 Å². The SMILES string of the molecule is C[C@@H](c1nc2ccccc2s1)N(C)C(=O)C1=NN(C)C(=O)CC1. The molecule has 120 valence electrons. The van der Waals surface area contributed by atoms with Crippen LogP contribution in [0.1, 0.15) is 30.8 Å². The fourth-order valence-electron chi connectivity index (χ4n) is 2.44. The lowest BCUT2D eigenvalue weighted by Gasteiger charge is -2.26. The summed E-state index contributed by atoms with van der Waals surface area (Å²) < 4.78 is 1.11. The van der Waals surface area contributed by atoms with Crippen molar-refractivity contribution >= 4 is 39.1 Å². The molecule has 0 fully saturated rings. The third kappa shape index (κ3) is 2.96. The molecule has 7 heteroatoms.